The Labute approximate surface area is 97.0 Å². The minimum Gasteiger partial charge on any atom is -0.475 e. The second kappa shape index (κ2) is 7.46. The maximum atomic E-state index is 10.6. The maximum absolute atomic E-state index is 10.6. The van der Waals surface area contributed by atoms with Crippen LogP contribution in [-0.4, -0.2) is 59.5 Å². The summed E-state index contributed by atoms with van der Waals surface area (Å²) < 4.78 is 31.7. The number of hydrogen-bond acceptors (Lipinski definition) is 4. The van der Waals surface area contributed by atoms with E-state index in [1.807, 2.05) is 0 Å². The molecule has 0 aromatic rings. The Kier molecular flexibility index (Phi) is 7.09. The van der Waals surface area contributed by atoms with Gasteiger partial charge >= 0.3 is 12.1 Å². The van der Waals surface area contributed by atoms with Crippen LogP contribution in [0.1, 0.15) is 12.8 Å². The lowest BCUT2D eigenvalue weighted by Gasteiger charge is -2.28. The molecule has 0 bridgehead atoms. The van der Waals surface area contributed by atoms with Crippen molar-refractivity contribution >= 4 is 5.97 Å². The zero-order chi connectivity index (χ0) is 13.5. The van der Waals surface area contributed by atoms with Crippen LogP contribution in [0, 0.1) is 0 Å². The molecule has 1 aliphatic heterocycles. The summed E-state index contributed by atoms with van der Waals surface area (Å²) in [6.07, 6.45) is -3.31. The van der Waals surface area contributed by atoms with Gasteiger partial charge in [0.15, 0.2) is 0 Å². The molecule has 0 amide bonds. The van der Waals surface area contributed by atoms with E-state index >= 15 is 0 Å². The molecule has 0 unspecified atom stereocenters. The summed E-state index contributed by atoms with van der Waals surface area (Å²) in [5, 5.41) is 16.3. The van der Waals surface area contributed by atoms with Gasteiger partial charge in [-0.15, -0.1) is 0 Å². The quantitative estimate of drug-likeness (QED) is 0.650. The van der Waals surface area contributed by atoms with Gasteiger partial charge in [0.25, 0.3) is 0 Å². The Morgan fingerprint density at radius 1 is 1.35 bits per heavy atom. The molecule has 0 aromatic heterocycles. The number of nitrogens with two attached hydrogens (primary N) is 1. The highest BCUT2D eigenvalue weighted by Crippen LogP contribution is 2.13. The molecule has 1 aliphatic rings. The predicted octanol–water partition coefficient (Wildman–Crippen LogP) is 0.0351. The summed E-state index contributed by atoms with van der Waals surface area (Å²) in [7, 11) is 0. The van der Waals surface area contributed by atoms with Crippen molar-refractivity contribution in [3.05, 3.63) is 0 Å². The molecule has 1 rings (SSSR count). The number of likely N-dealkylation sites (tertiary alicyclic amines) is 1. The number of aliphatic carboxylic acids is 1. The molecule has 1 heterocycles. The number of halogens is 3. The van der Waals surface area contributed by atoms with Gasteiger partial charge in [0.2, 0.25) is 0 Å². The van der Waals surface area contributed by atoms with E-state index in [1.54, 1.807) is 0 Å². The number of alkyl halides is 3. The topological polar surface area (TPSA) is 86.8 Å². The lowest BCUT2D eigenvalue weighted by atomic mass is 10.1. The fourth-order valence-corrected chi connectivity index (χ4v) is 1.33. The normalized spacial score (nSPS) is 18.4. The van der Waals surface area contributed by atoms with Gasteiger partial charge < -0.3 is 20.8 Å². The SMILES string of the molecule is NCCN1CCC(O)CC1.O=C(O)C(F)(F)F. The van der Waals surface area contributed by atoms with Crippen LogP contribution in [0.4, 0.5) is 13.2 Å². The van der Waals surface area contributed by atoms with Crippen LogP contribution in [0.2, 0.25) is 0 Å². The van der Waals surface area contributed by atoms with E-state index in [1.165, 1.54) is 0 Å². The van der Waals surface area contributed by atoms with Gasteiger partial charge in [0.05, 0.1) is 6.10 Å². The van der Waals surface area contributed by atoms with E-state index in [0.29, 0.717) is 0 Å². The zero-order valence-electron chi connectivity index (χ0n) is 9.28. The third-order valence-corrected chi connectivity index (χ3v) is 2.24. The molecule has 0 aromatic carbocycles. The van der Waals surface area contributed by atoms with Crippen molar-refractivity contribution < 1.29 is 28.2 Å². The predicted molar refractivity (Wildman–Crippen MR) is 54.4 cm³/mol. The third kappa shape index (κ3) is 7.94. The molecule has 5 nitrogen and oxygen atoms in total. The first-order valence-corrected chi connectivity index (χ1v) is 5.18. The molecular formula is C9H17F3N2O3. The van der Waals surface area contributed by atoms with Crippen LogP contribution in [0.5, 0.6) is 0 Å². The van der Waals surface area contributed by atoms with E-state index in [0.717, 1.165) is 39.0 Å². The molecular weight excluding hydrogens is 241 g/mol. The smallest absolute Gasteiger partial charge is 0.475 e. The average molecular weight is 258 g/mol. The van der Waals surface area contributed by atoms with Crippen LogP contribution in [0.3, 0.4) is 0 Å². The van der Waals surface area contributed by atoms with Crippen molar-refractivity contribution in [3.8, 4) is 0 Å². The van der Waals surface area contributed by atoms with Gasteiger partial charge in [-0.1, -0.05) is 0 Å². The van der Waals surface area contributed by atoms with E-state index in [9.17, 15) is 13.2 Å². The molecule has 0 saturated carbocycles. The lowest BCUT2D eigenvalue weighted by molar-refractivity contribution is -0.192. The number of aliphatic hydroxyl groups is 1. The summed E-state index contributed by atoms with van der Waals surface area (Å²) in [5.41, 5.74) is 5.39. The lowest BCUT2D eigenvalue weighted by Crippen LogP contribution is -2.38. The van der Waals surface area contributed by atoms with Gasteiger partial charge in [0.1, 0.15) is 0 Å². The molecule has 102 valence electrons. The highest BCUT2D eigenvalue weighted by atomic mass is 19.4. The summed E-state index contributed by atoms with van der Waals surface area (Å²) in [6, 6.07) is 0. The molecule has 0 aliphatic carbocycles. The standard InChI is InChI=1S/C7H16N2O.C2HF3O2/c8-3-6-9-4-1-7(10)2-5-9;3-2(4,5)1(6)7/h7,10H,1-6,8H2;(H,6,7). The fraction of sp³-hybridized carbons (Fsp3) is 0.889. The Hall–Kier alpha value is -0.860. The van der Waals surface area contributed by atoms with Gasteiger partial charge in [0, 0.05) is 26.2 Å². The number of rotatable bonds is 2. The second-order valence-corrected chi connectivity index (χ2v) is 3.66. The summed E-state index contributed by atoms with van der Waals surface area (Å²) in [4.78, 5) is 11.2. The minimum absolute atomic E-state index is 0.0611. The highest BCUT2D eigenvalue weighted by Gasteiger charge is 2.38. The molecule has 0 spiro atoms. The van der Waals surface area contributed by atoms with Crippen LogP contribution < -0.4 is 5.73 Å². The molecule has 17 heavy (non-hydrogen) atoms. The van der Waals surface area contributed by atoms with Crippen LogP contribution in [-0.2, 0) is 4.79 Å². The largest absolute Gasteiger partial charge is 0.490 e. The Balaban J connectivity index is 0.000000325. The minimum atomic E-state index is -5.08. The van der Waals surface area contributed by atoms with E-state index in [4.69, 9.17) is 20.7 Å². The van der Waals surface area contributed by atoms with Crippen LogP contribution in [0.15, 0.2) is 0 Å². The number of nitrogens with zero attached hydrogens (tertiary/aromatic N) is 1. The molecule has 0 atom stereocenters. The fourth-order valence-electron chi connectivity index (χ4n) is 1.33. The number of hydrogen-bond donors (Lipinski definition) is 3. The van der Waals surface area contributed by atoms with Crippen molar-refractivity contribution in [1.29, 1.82) is 0 Å². The van der Waals surface area contributed by atoms with Crippen LogP contribution in [0.25, 0.3) is 0 Å². The second-order valence-electron chi connectivity index (χ2n) is 3.66. The highest BCUT2D eigenvalue weighted by molar-refractivity contribution is 5.73. The van der Waals surface area contributed by atoms with E-state index in [-0.39, 0.29) is 6.10 Å². The summed E-state index contributed by atoms with van der Waals surface area (Å²) in [6.45, 7) is 3.74. The Morgan fingerprint density at radius 3 is 2.06 bits per heavy atom. The third-order valence-electron chi connectivity index (χ3n) is 2.24. The van der Waals surface area contributed by atoms with E-state index in [2.05, 4.69) is 4.90 Å². The first kappa shape index (κ1) is 16.1. The van der Waals surface area contributed by atoms with Crippen LogP contribution >= 0.6 is 0 Å². The van der Waals surface area contributed by atoms with Gasteiger partial charge in [-0.3, -0.25) is 0 Å². The monoisotopic (exact) mass is 258 g/mol. The number of carboxylic acid groups (broad SMARTS) is 1. The molecule has 1 fully saturated rings. The van der Waals surface area contributed by atoms with Crippen molar-refractivity contribution in [3.63, 3.8) is 0 Å². The number of aliphatic hydroxyl groups excluding tert-OH is 1. The number of carbonyl (C=O) groups is 1. The molecule has 8 heteroatoms. The molecule has 4 N–H and O–H groups in total. The van der Waals surface area contributed by atoms with Crippen molar-refractivity contribution in [1.82, 2.24) is 4.90 Å². The summed E-state index contributed by atoms with van der Waals surface area (Å²) >= 11 is 0. The van der Waals surface area contributed by atoms with Crippen molar-refractivity contribution in [2.24, 2.45) is 5.73 Å². The Morgan fingerprint density at radius 2 is 1.76 bits per heavy atom. The van der Waals surface area contributed by atoms with Crippen molar-refractivity contribution in [2.75, 3.05) is 26.2 Å². The molecule has 0 radical (unpaired) electrons. The summed E-state index contributed by atoms with van der Waals surface area (Å²) in [5.74, 6) is -2.76. The van der Waals surface area contributed by atoms with E-state index < -0.39 is 12.1 Å². The van der Waals surface area contributed by atoms with Crippen molar-refractivity contribution in [2.45, 2.75) is 25.1 Å². The maximum Gasteiger partial charge on any atom is 0.490 e. The van der Waals surface area contributed by atoms with Gasteiger partial charge in [-0.05, 0) is 12.8 Å². The first-order valence-electron chi connectivity index (χ1n) is 5.18. The number of piperidine rings is 1. The first-order chi connectivity index (χ1) is 7.77. The average Bonchev–Trinajstić information content (AvgIpc) is 2.21. The van der Waals surface area contributed by atoms with Gasteiger partial charge in [-0.25, -0.2) is 4.79 Å². The molecule has 1 saturated heterocycles. The Bertz CT molecular complexity index is 228. The zero-order valence-corrected chi connectivity index (χ0v) is 9.28. The van der Waals surface area contributed by atoms with Gasteiger partial charge in [-0.2, -0.15) is 13.2 Å². The number of carboxylic acids is 1.